The summed E-state index contributed by atoms with van der Waals surface area (Å²) in [6, 6.07) is 3.25. The quantitative estimate of drug-likeness (QED) is 0.334. The Kier molecular flexibility index (Phi) is 7.35. The summed E-state index contributed by atoms with van der Waals surface area (Å²) < 4.78 is 5.00. The zero-order valence-corrected chi connectivity index (χ0v) is 16.3. The van der Waals surface area contributed by atoms with Gasteiger partial charge in [-0.3, -0.25) is 9.59 Å². The third-order valence-corrected chi connectivity index (χ3v) is 4.41. The van der Waals surface area contributed by atoms with Crippen molar-refractivity contribution in [2.75, 3.05) is 18.2 Å². The number of esters is 1. The Balaban J connectivity index is 1.82. The number of halogens is 1. The maximum atomic E-state index is 11.9. The van der Waals surface area contributed by atoms with Crippen LogP contribution in [0.15, 0.2) is 23.5 Å². The molecule has 0 aliphatic rings. The molecule has 138 valence electrons. The number of rotatable bonds is 7. The number of thioether (sulfide) groups is 1. The molecular weight excluding hydrogens is 376 g/mol. The van der Waals surface area contributed by atoms with Crippen LogP contribution in [-0.2, 0) is 20.7 Å². The molecule has 1 N–H and O–H groups in total. The zero-order valence-electron chi connectivity index (χ0n) is 14.7. The summed E-state index contributed by atoms with van der Waals surface area (Å²) >= 11 is 7.32. The number of amides is 1. The fraction of sp³-hybridized carbons (Fsp3) is 0.353. The van der Waals surface area contributed by atoms with Crippen LogP contribution >= 0.6 is 23.4 Å². The highest BCUT2D eigenvalue weighted by Crippen LogP contribution is 2.18. The van der Waals surface area contributed by atoms with Crippen molar-refractivity contribution < 1.29 is 14.3 Å². The lowest BCUT2D eigenvalue weighted by molar-refractivity contribution is -0.147. The second-order valence-corrected chi connectivity index (χ2v) is 6.54. The van der Waals surface area contributed by atoms with Crippen LogP contribution in [0.25, 0.3) is 0 Å². The topological polar surface area (TPSA) is 94.1 Å². The Morgan fingerprint density at radius 1 is 1.27 bits per heavy atom. The van der Waals surface area contributed by atoms with Crippen LogP contribution in [-0.4, -0.2) is 39.7 Å². The summed E-state index contributed by atoms with van der Waals surface area (Å²) in [7, 11) is 0. The van der Waals surface area contributed by atoms with Gasteiger partial charge in [-0.15, -0.1) is 0 Å². The number of carbonyl (C=O) groups excluding carboxylic acids is 2. The van der Waals surface area contributed by atoms with E-state index in [4.69, 9.17) is 16.3 Å². The summed E-state index contributed by atoms with van der Waals surface area (Å²) in [5.41, 5.74) is 2.98. The first kappa shape index (κ1) is 20.1. The van der Waals surface area contributed by atoms with E-state index in [1.165, 1.54) is 18.0 Å². The van der Waals surface area contributed by atoms with Crippen molar-refractivity contribution in [2.45, 2.75) is 31.8 Å². The number of anilines is 1. The van der Waals surface area contributed by atoms with Gasteiger partial charge in [-0.05, 0) is 44.2 Å². The normalized spacial score (nSPS) is 10.5. The SMILES string of the molecule is CSc1nc(C)c(CCC(=O)OCC(=O)Nc2cccnc2Cl)c(C)n1. The predicted molar refractivity (Wildman–Crippen MR) is 100 cm³/mol. The molecule has 2 aromatic heterocycles. The van der Waals surface area contributed by atoms with Gasteiger partial charge in [-0.2, -0.15) is 0 Å². The summed E-state index contributed by atoms with van der Waals surface area (Å²) in [6.07, 6.45) is 4.03. The van der Waals surface area contributed by atoms with E-state index < -0.39 is 11.9 Å². The van der Waals surface area contributed by atoms with Gasteiger partial charge in [0, 0.05) is 24.0 Å². The number of aryl methyl sites for hydroxylation is 2. The molecule has 0 aliphatic heterocycles. The first-order valence-electron chi connectivity index (χ1n) is 7.84. The standard InChI is InChI=1S/C17H19ClN4O3S/c1-10-12(11(2)21-17(20-10)26-3)6-7-15(24)25-9-14(23)22-13-5-4-8-19-16(13)18/h4-5,8H,6-7,9H2,1-3H3,(H,22,23). The molecule has 2 heterocycles. The lowest BCUT2D eigenvalue weighted by atomic mass is 10.1. The van der Waals surface area contributed by atoms with Gasteiger partial charge >= 0.3 is 5.97 Å². The molecular formula is C17H19ClN4O3S. The van der Waals surface area contributed by atoms with Gasteiger partial charge in [-0.1, -0.05) is 23.4 Å². The molecule has 9 heteroatoms. The largest absolute Gasteiger partial charge is 0.456 e. The van der Waals surface area contributed by atoms with E-state index in [1.807, 2.05) is 20.1 Å². The lowest BCUT2D eigenvalue weighted by Crippen LogP contribution is -2.21. The van der Waals surface area contributed by atoms with E-state index in [2.05, 4.69) is 20.3 Å². The Morgan fingerprint density at radius 3 is 2.58 bits per heavy atom. The second kappa shape index (κ2) is 9.49. The number of aromatic nitrogens is 3. The Hall–Kier alpha value is -2.19. The molecule has 2 rings (SSSR count). The number of ether oxygens (including phenoxy) is 1. The highest BCUT2D eigenvalue weighted by atomic mass is 35.5. The van der Waals surface area contributed by atoms with Crippen molar-refractivity contribution in [3.8, 4) is 0 Å². The molecule has 1 amide bonds. The first-order chi connectivity index (χ1) is 12.4. The van der Waals surface area contributed by atoms with E-state index >= 15 is 0 Å². The third kappa shape index (κ3) is 5.67. The molecule has 0 radical (unpaired) electrons. The lowest BCUT2D eigenvalue weighted by Gasteiger charge is -2.10. The van der Waals surface area contributed by atoms with Crippen LogP contribution in [0.3, 0.4) is 0 Å². The van der Waals surface area contributed by atoms with E-state index in [-0.39, 0.29) is 18.2 Å². The maximum absolute atomic E-state index is 11.9. The molecule has 0 aliphatic carbocycles. The Labute approximate surface area is 160 Å². The number of pyridine rings is 1. The van der Waals surface area contributed by atoms with Gasteiger partial charge in [0.1, 0.15) is 0 Å². The Bertz CT molecular complexity index is 793. The number of hydrogen-bond donors (Lipinski definition) is 1. The molecule has 0 aromatic carbocycles. The highest BCUT2D eigenvalue weighted by molar-refractivity contribution is 7.98. The molecule has 0 saturated carbocycles. The summed E-state index contributed by atoms with van der Waals surface area (Å²) in [6.45, 7) is 3.39. The summed E-state index contributed by atoms with van der Waals surface area (Å²) in [5.74, 6) is -0.946. The maximum Gasteiger partial charge on any atom is 0.306 e. The second-order valence-electron chi connectivity index (χ2n) is 5.41. The molecule has 2 aromatic rings. The minimum atomic E-state index is -0.478. The Morgan fingerprint density at radius 2 is 1.96 bits per heavy atom. The van der Waals surface area contributed by atoms with Gasteiger partial charge in [0.15, 0.2) is 16.9 Å². The predicted octanol–water partition coefficient (Wildman–Crippen LogP) is 2.98. The van der Waals surface area contributed by atoms with Crippen molar-refractivity contribution in [1.29, 1.82) is 0 Å². The molecule has 0 atom stereocenters. The number of carbonyl (C=O) groups is 2. The summed E-state index contributed by atoms with van der Waals surface area (Å²) in [5, 5.41) is 3.42. The van der Waals surface area contributed by atoms with Crippen LogP contribution in [0, 0.1) is 13.8 Å². The molecule has 26 heavy (non-hydrogen) atoms. The van der Waals surface area contributed by atoms with Gasteiger partial charge in [0.05, 0.1) is 5.69 Å². The van der Waals surface area contributed by atoms with E-state index in [1.54, 1.807) is 12.1 Å². The highest BCUT2D eigenvalue weighted by Gasteiger charge is 2.13. The van der Waals surface area contributed by atoms with Crippen LogP contribution in [0.2, 0.25) is 5.15 Å². The van der Waals surface area contributed by atoms with Crippen molar-refractivity contribution >= 4 is 40.9 Å². The molecule has 0 spiro atoms. The van der Waals surface area contributed by atoms with Crippen molar-refractivity contribution in [3.63, 3.8) is 0 Å². The zero-order chi connectivity index (χ0) is 19.1. The molecule has 0 unspecified atom stereocenters. The van der Waals surface area contributed by atoms with E-state index in [0.29, 0.717) is 17.3 Å². The minimum absolute atomic E-state index is 0.143. The minimum Gasteiger partial charge on any atom is -0.456 e. The van der Waals surface area contributed by atoms with Crippen LogP contribution < -0.4 is 5.32 Å². The number of hydrogen-bond acceptors (Lipinski definition) is 7. The third-order valence-electron chi connectivity index (χ3n) is 3.56. The molecule has 0 fully saturated rings. The van der Waals surface area contributed by atoms with Crippen molar-refractivity contribution in [3.05, 3.63) is 40.4 Å². The fourth-order valence-corrected chi connectivity index (χ4v) is 2.90. The average molecular weight is 395 g/mol. The van der Waals surface area contributed by atoms with Crippen LogP contribution in [0.4, 0.5) is 5.69 Å². The average Bonchev–Trinajstić information content (AvgIpc) is 2.61. The van der Waals surface area contributed by atoms with Crippen LogP contribution in [0.5, 0.6) is 0 Å². The smallest absolute Gasteiger partial charge is 0.306 e. The fourth-order valence-electron chi connectivity index (χ4n) is 2.27. The van der Waals surface area contributed by atoms with Gasteiger partial charge in [0.2, 0.25) is 0 Å². The first-order valence-corrected chi connectivity index (χ1v) is 9.45. The summed E-state index contributed by atoms with van der Waals surface area (Å²) in [4.78, 5) is 36.3. The number of nitrogens with one attached hydrogen (secondary N) is 1. The van der Waals surface area contributed by atoms with Crippen LogP contribution in [0.1, 0.15) is 23.4 Å². The van der Waals surface area contributed by atoms with E-state index in [0.717, 1.165) is 17.0 Å². The van der Waals surface area contributed by atoms with Gasteiger partial charge < -0.3 is 10.1 Å². The monoisotopic (exact) mass is 394 g/mol. The van der Waals surface area contributed by atoms with Gasteiger partial charge in [-0.25, -0.2) is 15.0 Å². The van der Waals surface area contributed by atoms with Crippen molar-refractivity contribution in [1.82, 2.24) is 15.0 Å². The van der Waals surface area contributed by atoms with Gasteiger partial charge in [0.25, 0.3) is 5.91 Å². The molecule has 7 nitrogen and oxygen atoms in total. The molecule has 0 saturated heterocycles. The molecule has 0 bridgehead atoms. The van der Waals surface area contributed by atoms with Crippen molar-refractivity contribution in [2.24, 2.45) is 0 Å². The van der Waals surface area contributed by atoms with E-state index in [9.17, 15) is 9.59 Å². The number of nitrogens with zero attached hydrogens (tertiary/aromatic N) is 3.